The van der Waals surface area contributed by atoms with Crippen molar-refractivity contribution < 1.29 is 27.5 Å². The molecule has 5 rings (SSSR count). The minimum Gasteiger partial charge on any atom is -0.454 e. The number of hydrogen-bond acceptors (Lipinski definition) is 8. The van der Waals surface area contributed by atoms with Crippen LogP contribution in [0.25, 0.3) is 0 Å². The van der Waals surface area contributed by atoms with Gasteiger partial charge in [0, 0.05) is 49.9 Å². The molecule has 0 radical (unpaired) electrons. The molecule has 2 aliphatic rings. The molecule has 14 heteroatoms. The zero-order chi connectivity index (χ0) is 32.5. The molecule has 246 valence electrons. The quantitative estimate of drug-likeness (QED) is 0.291. The Balaban J connectivity index is 1.08. The maximum Gasteiger partial charge on any atom is 0.262 e. The molecule has 0 bridgehead atoms. The van der Waals surface area contributed by atoms with Crippen LogP contribution in [0.4, 0.5) is 5.69 Å². The highest BCUT2D eigenvalue weighted by Crippen LogP contribution is 2.35. The number of hydrogen-bond donors (Lipinski definition) is 2. The Hall–Kier alpha value is -3.39. The van der Waals surface area contributed by atoms with Crippen LogP contribution in [0.2, 0.25) is 10.0 Å². The maximum absolute atomic E-state index is 13.2. The van der Waals surface area contributed by atoms with Crippen LogP contribution in [0, 0.1) is 0 Å². The molecule has 0 spiro atoms. The third-order valence-corrected chi connectivity index (χ3v) is 9.76. The van der Waals surface area contributed by atoms with E-state index in [1.165, 1.54) is 30.3 Å². The summed E-state index contributed by atoms with van der Waals surface area (Å²) in [5.41, 5.74) is 0.431. The molecule has 2 fully saturated rings. The van der Waals surface area contributed by atoms with Crippen molar-refractivity contribution in [1.82, 2.24) is 20.0 Å². The van der Waals surface area contributed by atoms with E-state index in [1.807, 2.05) is 0 Å². The fourth-order valence-electron chi connectivity index (χ4n) is 5.24. The van der Waals surface area contributed by atoms with E-state index in [0.717, 1.165) is 58.9 Å². The van der Waals surface area contributed by atoms with Gasteiger partial charge in [-0.05, 0) is 74.1 Å². The number of rotatable bonds is 12. The molecule has 2 aliphatic heterocycles. The first-order valence-corrected chi connectivity index (χ1v) is 17.3. The van der Waals surface area contributed by atoms with E-state index in [9.17, 15) is 18.0 Å². The van der Waals surface area contributed by atoms with Crippen molar-refractivity contribution in [3.05, 3.63) is 82.3 Å². The van der Waals surface area contributed by atoms with Crippen LogP contribution in [-0.2, 0) is 19.6 Å². The molecular weight excluding hydrogens is 653 g/mol. The van der Waals surface area contributed by atoms with Crippen molar-refractivity contribution >= 4 is 50.7 Å². The second kappa shape index (κ2) is 15.9. The Morgan fingerprint density at radius 2 is 1.50 bits per heavy atom. The van der Waals surface area contributed by atoms with Gasteiger partial charge in [0.05, 0.1) is 35.4 Å². The van der Waals surface area contributed by atoms with Crippen LogP contribution in [-0.4, -0.2) is 107 Å². The van der Waals surface area contributed by atoms with Gasteiger partial charge in [-0.15, -0.1) is 0 Å². The Bertz CT molecular complexity index is 1610. The third-order valence-electron chi connectivity index (χ3n) is 7.85. The van der Waals surface area contributed by atoms with Crippen molar-refractivity contribution in [2.24, 2.45) is 0 Å². The van der Waals surface area contributed by atoms with Gasteiger partial charge in [-0.3, -0.25) is 24.1 Å². The second-order valence-electron chi connectivity index (χ2n) is 11.0. The minimum absolute atomic E-state index is 0.0535. The zero-order valence-electron chi connectivity index (χ0n) is 25.3. The second-order valence-corrected chi connectivity index (χ2v) is 13.5. The Morgan fingerprint density at radius 3 is 2.20 bits per heavy atom. The van der Waals surface area contributed by atoms with E-state index in [4.69, 9.17) is 32.7 Å². The van der Waals surface area contributed by atoms with Gasteiger partial charge in [-0.25, -0.2) is 8.42 Å². The highest BCUT2D eigenvalue weighted by Gasteiger charge is 2.22. The topological polar surface area (TPSA) is 121 Å². The Labute approximate surface area is 279 Å². The lowest BCUT2D eigenvalue weighted by molar-refractivity contribution is -0.131. The fourth-order valence-corrected chi connectivity index (χ4v) is 6.76. The van der Waals surface area contributed by atoms with Crippen LogP contribution in [0.15, 0.2) is 71.6 Å². The fraction of sp³-hybridized carbons (Fsp3) is 0.375. The highest BCUT2D eigenvalue weighted by atomic mass is 35.5. The van der Waals surface area contributed by atoms with Gasteiger partial charge in [-0.2, -0.15) is 0 Å². The van der Waals surface area contributed by atoms with Gasteiger partial charge in [0.25, 0.3) is 15.9 Å². The predicted octanol–water partition coefficient (Wildman–Crippen LogP) is 4.18. The summed E-state index contributed by atoms with van der Waals surface area (Å²) >= 11 is 12.2. The van der Waals surface area contributed by atoms with Crippen LogP contribution < -0.4 is 14.8 Å². The first-order chi connectivity index (χ1) is 22.2. The summed E-state index contributed by atoms with van der Waals surface area (Å²) in [6, 6.07) is 16.7. The molecule has 0 saturated carbocycles. The van der Waals surface area contributed by atoms with Gasteiger partial charge in [0.15, 0.2) is 5.75 Å². The van der Waals surface area contributed by atoms with Gasteiger partial charge < -0.3 is 19.7 Å². The highest BCUT2D eigenvalue weighted by molar-refractivity contribution is 7.92. The number of piperazine rings is 1. The van der Waals surface area contributed by atoms with Crippen molar-refractivity contribution in [2.75, 3.05) is 76.8 Å². The molecule has 3 aromatic carbocycles. The number of nitrogens with one attached hydrogen (secondary N) is 2. The summed E-state index contributed by atoms with van der Waals surface area (Å²) < 4.78 is 40.1. The summed E-state index contributed by atoms with van der Waals surface area (Å²) in [5, 5.41) is 3.37. The van der Waals surface area contributed by atoms with E-state index >= 15 is 0 Å². The van der Waals surface area contributed by atoms with Gasteiger partial charge in [0.1, 0.15) is 5.75 Å². The molecule has 46 heavy (non-hydrogen) atoms. The number of carbonyl (C=O) groups excluding carboxylic acids is 2. The molecule has 2 heterocycles. The number of ether oxygens (including phenoxy) is 2. The lowest BCUT2D eigenvalue weighted by Crippen LogP contribution is -2.51. The van der Waals surface area contributed by atoms with Gasteiger partial charge in [0.2, 0.25) is 5.91 Å². The van der Waals surface area contributed by atoms with E-state index in [-0.39, 0.29) is 39.4 Å². The van der Waals surface area contributed by atoms with Crippen LogP contribution in [0.5, 0.6) is 11.5 Å². The van der Waals surface area contributed by atoms with E-state index in [2.05, 4.69) is 19.8 Å². The van der Waals surface area contributed by atoms with Crippen molar-refractivity contribution in [3.8, 4) is 11.5 Å². The summed E-state index contributed by atoms with van der Waals surface area (Å²) in [4.78, 5) is 32.0. The molecule has 2 N–H and O–H groups in total. The van der Waals surface area contributed by atoms with Crippen molar-refractivity contribution in [2.45, 2.75) is 11.3 Å². The molecule has 2 saturated heterocycles. The SMILES string of the molecule is O=C(NCC(=O)N1CCN(CCCN2CCOCC2)CC1)c1ccc(S(=O)(=O)Nc2ccccc2Oc2ccc(Cl)cc2Cl)cc1. The number of nitrogens with zero attached hydrogens (tertiary/aromatic N) is 3. The van der Waals surface area contributed by atoms with Crippen molar-refractivity contribution in [3.63, 3.8) is 0 Å². The van der Waals surface area contributed by atoms with Gasteiger partial charge >= 0.3 is 0 Å². The predicted molar refractivity (Wildman–Crippen MR) is 177 cm³/mol. The average molecular weight is 691 g/mol. The third kappa shape index (κ3) is 9.34. The molecule has 0 atom stereocenters. The number of anilines is 1. The summed E-state index contributed by atoms with van der Waals surface area (Å²) in [6.45, 7) is 8.35. The normalized spacial score (nSPS) is 16.2. The van der Waals surface area contributed by atoms with Crippen LogP contribution >= 0.6 is 23.2 Å². The van der Waals surface area contributed by atoms with E-state index < -0.39 is 15.9 Å². The maximum atomic E-state index is 13.2. The average Bonchev–Trinajstić information content (AvgIpc) is 3.06. The number of benzene rings is 3. The number of carbonyl (C=O) groups is 2. The lowest BCUT2D eigenvalue weighted by atomic mass is 10.2. The summed E-state index contributed by atoms with van der Waals surface area (Å²) in [7, 11) is -4.03. The smallest absolute Gasteiger partial charge is 0.262 e. The first kappa shape index (κ1) is 34.0. The lowest BCUT2D eigenvalue weighted by Gasteiger charge is -2.35. The van der Waals surface area contributed by atoms with E-state index in [1.54, 1.807) is 41.3 Å². The standard InChI is InChI=1S/C32H37Cl2N5O6S/c33-25-8-11-29(27(34)22-25)45-30-5-2-1-4-28(30)36-46(42,43)26-9-6-24(7-10-26)32(41)35-23-31(40)39-16-14-37(15-17-39)12-3-13-38-18-20-44-21-19-38/h1-2,4-11,22,36H,3,12-21,23H2,(H,35,41). The summed E-state index contributed by atoms with van der Waals surface area (Å²) in [5.74, 6) is -0.0684. The number of sulfonamides is 1. The van der Waals surface area contributed by atoms with Crippen LogP contribution in [0.1, 0.15) is 16.8 Å². The number of amides is 2. The molecular formula is C32H37Cl2N5O6S. The molecule has 2 amide bonds. The number of para-hydroxylation sites is 2. The van der Waals surface area contributed by atoms with E-state index in [0.29, 0.717) is 23.9 Å². The molecule has 0 aromatic heterocycles. The molecule has 0 unspecified atom stereocenters. The molecule has 3 aromatic rings. The minimum atomic E-state index is -4.03. The largest absolute Gasteiger partial charge is 0.454 e. The molecule has 11 nitrogen and oxygen atoms in total. The Morgan fingerprint density at radius 1 is 0.826 bits per heavy atom. The van der Waals surface area contributed by atoms with Gasteiger partial charge in [-0.1, -0.05) is 35.3 Å². The Kier molecular flexibility index (Phi) is 11.8. The number of morpholine rings is 1. The van der Waals surface area contributed by atoms with Crippen molar-refractivity contribution in [1.29, 1.82) is 0 Å². The monoisotopic (exact) mass is 689 g/mol. The number of halogens is 2. The van der Waals surface area contributed by atoms with Crippen LogP contribution in [0.3, 0.4) is 0 Å². The summed E-state index contributed by atoms with van der Waals surface area (Å²) in [6.07, 6.45) is 1.08. The molecule has 0 aliphatic carbocycles. The zero-order valence-corrected chi connectivity index (χ0v) is 27.6. The first-order valence-electron chi connectivity index (χ1n) is 15.1.